The van der Waals surface area contributed by atoms with Gasteiger partial charge in [-0.3, -0.25) is 0 Å². The number of thiazole rings is 1. The van der Waals surface area contributed by atoms with Crippen molar-refractivity contribution in [1.82, 2.24) is 4.98 Å². The molecule has 78 valence electrons. The van der Waals surface area contributed by atoms with E-state index in [1.807, 2.05) is 0 Å². The van der Waals surface area contributed by atoms with Crippen molar-refractivity contribution in [3.8, 4) is 0 Å². The lowest BCUT2D eigenvalue weighted by atomic mass is 9.98. The topological polar surface area (TPSA) is 30.0 Å². The third kappa shape index (κ3) is 3.22. The van der Waals surface area contributed by atoms with Crippen LogP contribution in [-0.2, 0) is 16.6 Å². The molecule has 0 N–H and O–H groups in total. The Balaban J connectivity index is 2.64. The minimum Gasteiger partial charge on any atom is -0.300 e. The van der Waals surface area contributed by atoms with Gasteiger partial charge in [0, 0.05) is 17.2 Å². The van der Waals surface area contributed by atoms with Crippen molar-refractivity contribution in [3.63, 3.8) is 0 Å². The van der Waals surface area contributed by atoms with E-state index >= 15 is 0 Å². The van der Waals surface area contributed by atoms with Crippen LogP contribution in [0.3, 0.4) is 0 Å². The van der Waals surface area contributed by atoms with E-state index in [4.69, 9.17) is 0 Å². The number of Topliss-reactive ketones (excluding diaryl/α,β-unsaturated/α-hetero) is 1. The molecular weight excluding hydrogens is 194 g/mol. The summed E-state index contributed by atoms with van der Waals surface area (Å²) in [6.07, 6.45) is 1.38. The molecule has 0 aliphatic rings. The second-order valence-electron chi connectivity index (χ2n) is 4.60. The van der Waals surface area contributed by atoms with Crippen LogP contribution in [0.5, 0.6) is 0 Å². The number of ketones is 1. The summed E-state index contributed by atoms with van der Waals surface area (Å²) < 4.78 is 0. The molecule has 0 amide bonds. The fraction of sp³-hybridized carbons (Fsp3) is 0.636. The Kier molecular flexibility index (Phi) is 3.43. The van der Waals surface area contributed by atoms with Crippen molar-refractivity contribution in [2.45, 2.75) is 46.0 Å². The molecule has 1 rings (SSSR count). The first-order chi connectivity index (χ1) is 6.39. The van der Waals surface area contributed by atoms with Gasteiger partial charge < -0.3 is 4.79 Å². The molecule has 0 aliphatic heterocycles. The maximum Gasteiger partial charge on any atom is 0.130 e. The van der Waals surface area contributed by atoms with Gasteiger partial charge in [0.25, 0.3) is 0 Å². The third-order valence-corrected chi connectivity index (χ3v) is 3.24. The molecule has 0 fully saturated rings. The molecule has 0 aromatic carbocycles. The molecule has 0 radical (unpaired) electrons. The maximum absolute atomic E-state index is 10.8. The molecular formula is C11H17NOS. The monoisotopic (exact) mass is 211 g/mol. The van der Waals surface area contributed by atoms with E-state index in [0.717, 1.165) is 17.1 Å². The van der Waals surface area contributed by atoms with Crippen LogP contribution in [0.25, 0.3) is 0 Å². The fourth-order valence-corrected chi connectivity index (χ4v) is 2.01. The average molecular weight is 211 g/mol. The number of rotatable bonds is 3. The molecule has 1 aromatic heterocycles. The SMILES string of the molecule is CC(=O)CCc1csc(C(C)(C)C)n1. The summed E-state index contributed by atoms with van der Waals surface area (Å²) in [6.45, 7) is 8.08. The van der Waals surface area contributed by atoms with Gasteiger partial charge in [-0.05, 0) is 13.3 Å². The van der Waals surface area contributed by atoms with Crippen molar-refractivity contribution in [3.05, 3.63) is 16.1 Å². The first-order valence-corrected chi connectivity index (χ1v) is 5.72. The number of aryl methyl sites for hydroxylation is 1. The summed E-state index contributed by atoms with van der Waals surface area (Å²) in [6, 6.07) is 0. The first kappa shape index (κ1) is 11.4. The summed E-state index contributed by atoms with van der Waals surface area (Å²) in [5.74, 6) is 0.232. The second kappa shape index (κ2) is 4.22. The van der Waals surface area contributed by atoms with E-state index in [0.29, 0.717) is 6.42 Å². The summed E-state index contributed by atoms with van der Waals surface area (Å²) in [4.78, 5) is 15.3. The van der Waals surface area contributed by atoms with Gasteiger partial charge in [-0.2, -0.15) is 0 Å². The molecule has 0 atom stereocenters. The Bertz CT molecular complexity index is 322. The van der Waals surface area contributed by atoms with Gasteiger partial charge in [0.2, 0.25) is 0 Å². The van der Waals surface area contributed by atoms with Crippen molar-refractivity contribution < 1.29 is 4.79 Å². The van der Waals surface area contributed by atoms with E-state index in [2.05, 4.69) is 31.1 Å². The van der Waals surface area contributed by atoms with E-state index in [-0.39, 0.29) is 11.2 Å². The Morgan fingerprint density at radius 2 is 2.14 bits per heavy atom. The molecule has 0 unspecified atom stereocenters. The van der Waals surface area contributed by atoms with Crippen molar-refractivity contribution in [1.29, 1.82) is 0 Å². The number of carbonyl (C=O) groups is 1. The summed E-state index contributed by atoms with van der Waals surface area (Å²) in [7, 11) is 0. The zero-order valence-corrected chi connectivity index (χ0v) is 10.1. The van der Waals surface area contributed by atoms with Crippen LogP contribution in [0.2, 0.25) is 0 Å². The minimum atomic E-state index is 0.124. The van der Waals surface area contributed by atoms with Gasteiger partial charge in [-0.1, -0.05) is 20.8 Å². The standard InChI is InChI=1S/C11H17NOS/c1-8(13)5-6-9-7-14-10(12-9)11(2,3)4/h7H,5-6H2,1-4H3. The number of hydrogen-bond donors (Lipinski definition) is 0. The molecule has 0 spiro atoms. The van der Waals surface area contributed by atoms with E-state index < -0.39 is 0 Å². The smallest absolute Gasteiger partial charge is 0.130 e. The van der Waals surface area contributed by atoms with Crippen LogP contribution in [0.1, 0.15) is 44.8 Å². The van der Waals surface area contributed by atoms with Crippen LogP contribution in [-0.4, -0.2) is 10.8 Å². The van der Waals surface area contributed by atoms with Crippen LogP contribution < -0.4 is 0 Å². The molecule has 3 heteroatoms. The lowest BCUT2D eigenvalue weighted by Crippen LogP contribution is -2.10. The van der Waals surface area contributed by atoms with Gasteiger partial charge in [0.15, 0.2) is 0 Å². The van der Waals surface area contributed by atoms with Crippen molar-refractivity contribution in [2.75, 3.05) is 0 Å². The zero-order chi connectivity index (χ0) is 10.8. The Hall–Kier alpha value is -0.700. The number of carbonyl (C=O) groups excluding carboxylic acids is 1. The summed E-state index contributed by atoms with van der Waals surface area (Å²) in [5, 5.41) is 3.21. The highest BCUT2D eigenvalue weighted by atomic mass is 32.1. The molecule has 0 bridgehead atoms. The average Bonchev–Trinajstić information content (AvgIpc) is 2.47. The Morgan fingerprint density at radius 3 is 2.57 bits per heavy atom. The van der Waals surface area contributed by atoms with Crippen LogP contribution in [0, 0.1) is 0 Å². The van der Waals surface area contributed by atoms with Crippen LogP contribution in [0.4, 0.5) is 0 Å². The van der Waals surface area contributed by atoms with Gasteiger partial charge in [0.05, 0.1) is 10.7 Å². The molecule has 0 saturated carbocycles. The maximum atomic E-state index is 10.8. The van der Waals surface area contributed by atoms with Crippen LogP contribution in [0.15, 0.2) is 5.38 Å². The van der Waals surface area contributed by atoms with Gasteiger partial charge in [-0.25, -0.2) is 4.98 Å². The lowest BCUT2D eigenvalue weighted by Gasteiger charge is -2.13. The quantitative estimate of drug-likeness (QED) is 0.769. The highest BCUT2D eigenvalue weighted by Crippen LogP contribution is 2.25. The molecule has 2 nitrogen and oxygen atoms in total. The number of hydrogen-bond acceptors (Lipinski definition) is 3. The second-order valence-corrected chi connectivity index (χ2v) is 5.45. The molecule has 14 heavy (non-hydrogen) atoms. The number of aromatic nitrogens is 1. The fourth-order valence-electron chi connectivity index (χ4n) is 1.07. The number of nitrogens with zero attached hydrogens (tertiary/aromatic N) is 1. The Labute approximate surface area is 89.4 Å². The zero-order valence-electron chi connectivity index (χ0n) is 9.26. The minimum absolute atomic E-state index is 0.124. The summed E-state index contributed by atoms with van der Waals surface area (Å²) >= 11 is 1.69. The van der Waals surface area contributed by atoms with Gasteiger partial charge >= 0.3 is 0 Å². The van der Waals surface area contributed by atoms with E-state index in [1.54, 1.807) is 18.3 Å². The normalized spacial score (nSPS) is 11.7. The van der Waals surface area contributed by atoms with Crippen LogP contribution >= 0.6 is 11.3 Å². The molecule has 0 aliphatic carbocycles. The first-order valence-electron chi connectivity index (χ1n) is 4.84. The predicted molar refractivity (Wildman–Crippen MR) is 59.8 cm³/mol. The molecule has 1 heterocycles. The highest BCUT2D eigenvalue weighted by Gasteiger charge is 2.17. The van der Waals surface area contributed by atoms with Gasteiger partial charge in [-0.15, -0.1) is 11.3 Å². The van der Waals surface area contributed by atoms with Crippen molar-refractivity contribution >= 4 is 17.1 Å². The molecule has 0 saturated heterocycles. The van der Waals surface area contributed by atoms with Crippen molar-refractivity contribution in [2.24, 2.45) is 0 Å². The van der Waals surface area contributed by atoms with E-state index in [9.17, 15) is 4.79 Å². The van der Waals surface area contributed by atoms with E-state index in [1.165, 1.54) is 0 Å². The third-order valence-electron chi connectivity index (χ3n) is 1.93. The lowest BCUT2D eigenvalue weighted by molar-refractivity contribution is -0.116. The largest absolute Gasteiger partial charge is 0.300 e. The summed E-state index contributed by atoms with van der Waals surface area (Å²) in [5.41, 5.74) is 1.18. The molecule has 1 aromatic rings. The Morgan fingerprint density at radius 1 is 1.50 bits per heavy atom. The predicted octanol–water partition coefficient (Wildman–Crippen LogP) is 2.96. The van der Waals surface area contributed by atoms with Gasteiger partial charge in [0.1, 0.15) is 5.78 Å². The highest BCUT2D eigenvalue weighted by molar-refractivity contribution is 7.09.